The molecule has 5 nitrogen and oxygen atoms in total. The lowest BCUT2D eigenvalue weighted by molar-refractivity contribution is 0.0598. The SMILES string of the molecule is O=C(c1cc(=O)c2cc(Cl)cc(Cl)c2o1)N1CCN(Cc2ccccc2)CC1. The largest absolute Gasteiger partial charge is 0.449 e. The summed E-state index contributed by atoms with van der Waals surface area (Å²) in [5, 5.41) is 0.821. The minimum atomic E-state index is -0.336. The summed E-state index contributed by atoms with van der Waals surface area (Å²) < 4.78 is 5.67. The molecule has 1 aliphatic heterocycles. The van der Waals surface area contributed by atoms with Crippen LogP contribution < -0.4 is 5.43 Å². The van der Waals surface area contributed by atoms with Crippen LogP contribution in [0.4, 0.5) is 0 Å². The van der Waals surface area contributed by atoms with Crippen molar-refractivity contribution in [1.82, 2.24) is 9.80 Å². The van der Waals surface area contributed by atoms with Gasteiger partial charge in [-0.25, -0.2) is 0 Å². The van der Waals surface area contributed by atoms with E-state index >= 15 is 0 Å². The van der Waals surface area contributed by atoms with Crippen LogP contribution in [0.5, 0.6) is 0 Å². The van der Waals surface area contributed by atoms with Gasteiger partial charge in [0.1, 0.15) is 0 Å². The van der Waals surface area contributed by atoms with Gasteiger partial charge in [-0.2, -0.15) is 0 Å². The Hall–Kier alpha value is -2.34. The summed E-state index contributed by atoms with van der Waals surface area (Å²) in [6.45, 7) is 3.51. The van der Waals surface area contributed by atoms with Crippen molar-refractivity contribution in [1.29, 1.82) is 0 Å². The van der Waals surface area contributed by atoms with E-state index in [0.29, 0.717) is 18.1 Å². The molecular weight excluding hydrogens is 399 g/mol. The number of carbonyl (C=O) groups excluding carboxylic acids is 1. The van der Waals surface area contributed by atoms with E-state index in [0.717, 1.165) is 19.6 Å². The Balaban J connectivity index is 1.49. The van der Waals surface area contributed by atoms with Crippen LogP contribution >= 0.6 is 23.2 Å². The zero-order valence-electron chi connectivity index (χ0n) is 15.0. The molecule has 2 heterocycles. The Morgan fingerprint density at radius 2 is 1.71 bits per heavy atom. The van der Waals surface area contributed by atoms with Crippen LogP contribution in [0.3, 0.4) is 0 Å². The van der Waals surface area contributed by atoms with E-state index in [1.807, 2.05) is 18.2 Å². The molecule has 4 rings (SSSR count). The molecule has 0 atom stereocenters. The van der Waals surface area contributed by atoms with Gasteiger partial charge in [0.15, 0.2) is 16.8 Å². The number of rotatable bonds is 3. The van der Waals surface area contributed by atoms with Gasteiger partial charge in [0.25, 0.3) is 5.91 Å². The predicted molar refractivity (Wildman–Crippen MR) is 110 cm³/mol. The first-order chi connectivity index (χ1) is 13.5. The first-order valence-electron chi connectivity index (χ1n) is 9.00. The van der Waals surface area contributed by atoms with Gasteiger partial charge >= 0.3 is 0 Å². The molecule has 7 heteroatoms. The summed E-state index contributed by atoms with van der Waals surface area (Å²) in [4.78, 5) is 29.2. The molecule has 0 bridgehead atoms. The minimum Gasteiger partial charge on any atom is -0.449 e. The third-order valence-corrected chi connectivity index (χ3v) is 5.37. The number of nitrogens with zero attached hydrogens (tertiary/aromatic N) is 2. The maximum atomic E-state index is 12.8. The highest BCUT2D eigenvalue weighted by molar-refractivity contribution is 6.38. The molecule has 0 spiro atoms. The van der Waals surface area contributed by atoms with Crippen molar-refractivity contribution >= 4 is 40.1 Å². The molecule has 1 fully saturated rings. The molecule has 0 radical (unpaired) electrons. The average Bonchev–Trinajstić information content (AvgIpc) is 2.69. The van der Waals surface area contributed by atoms with E-state index < -0.39 is 0 Å². The Morgan fingerprint density at radius 3 is 2.43 bits per heavy atom. The molecule has 28 heavy (non-hydrogen) atoms. The molecule has 0 aliphatic carbocycles. The zero-order valence-corrected chi connectivity index (χ0v) is 16.5. The Kier molecular flexibility index (Phi) is 5.40. The third kappa shape index (κ3) is 3.92. The molecule has 1 saturated heterocycles. The van der Waals surface area contributed by atoms with Crippen LogP contribution in [0.25, 0.3) is 11.0 Å². The summed E-state index contributed by atoms with van der Waals surface area (Å²) in [6.07, 6.45) is 0. The average molecular weight is 417 g/mol. The molecule has 1 aromatic heterocycles. The van der Waals surface area contributed by atoms with Gasteiger partial charge in [-0.1, -0.05) is 53.5 Å². The molecule has 2 aromatic carbocycles. The van der Waals surface area contributed by atoms with Crippen LogP contribution in [-0.4, -0.2) is 41.9 Å². The maximum Gasteiger partial charge on any atom is 0.289 e. The smallest absolute Gasteiger partial charge is 0.289 e. The number of hydrogen-bond acceptors (Lipinski definition) is 4. The normalized spacial score (nSPS) is 15.1. The summed E-state index contributed by atoms with van der Waals surface area (Å²) in [7, 11) is 0. The number of hydrogen-bond donors (Lipinski definition) is 0. The second kappa shape index (κ2) is 7.95. The summed E-state index contributed by atoms with van der Waals surface area (Å²) in [6, 6.07) is 14.4. The van der Waals surface area contributed by atoms with Crippen LogP contribution in [0, 0.1) is 0 Å². The van der Waals surface area contributed by atoms with E-state index in [9.17, 15) is 9.59 Å². The van der Waals surface area contributed by atoms with Gasteiger partial charge in [0.2, 0.25) is 0 Å². The van der Waals surface area contributed by atoms with Crippen molar-refractivity contribution < 1.29 is 9.21 Å². The molecule has 1 aliphatic rings. The first-order valence-corrected chi connectivity index (χ1v) is 9.75. The highest BCUT2D eigenvalue weighted by Crippen LogP contribution is 2.27. The van der Waals surface area contributed by atoms with Crippen molar-refractivity contribution in [2.24, 2.45) is 0 Å². The summed E-state index contributed by atoms with van der Waals surface area (Å²) in [5.74, 6) is -0.303. The molecule has 0 saturated carbocycles. The Bertz CT molecular complexity index is 1070. The van der Waals surface area contributed by atoms with Crippen molar-refractivity contribution in [2.75, 3.05) is 26.2 Å². The Labute approximate surface area is 172 Å². The quantitative estimate of drug-likeness (QED) is 0.645. The number of fused-ring (bicyclic) bond motifs is 1. The lowest BCUT2D eigenvalue weighted by Crippen LogP contribution is -2.48. The minimum absolute atomic E-state index is 0.00164. The number of carbonyl (C=O) groups is 1. The fraction of sp³-hybridized carbons (Fsp3) is 0.238. The fourth-order valence-corrected chi connectivity index (χ4v) is 3.93. The lowest BCUT2D eigenvalue weighted by atomic mass is 10.2. The number of benzene rings is 2. The number of piperazine rings is 1. The topological polar surface area (TPSA) is 53.8 Å². The zero-order chi connectivity index (χ0) is 19.7. The molecule has 1 amide bonds. The maximum absolute atomic E-state index is 12.8. The second-order valence-electron chi connectivity index (χ2n) is 6.79. The van der Waals surface area contributed by atoms with Crippen molar-refractivity contribution in [3.8, 4) is 0 Å². The Morgan fingerprint density at radius 1 is 1.00 bits per heavy atom. The van der Waals surface area contributed by atoms with E-state index in [1.165, 1.54) is 23.8 Å². The molecular formula is C21H18Cl2N2O3. The second-order valence-corrected chi connectivity index (χ2v) is 7.64. The van der Waals surface area contributed by atoms with Gasteiger partial charge in [0, 0.05) is 43.8 Å². The number of amides is 1. The molecule has 144 valence electrons. The highest BCUT2D eigenvalue weighted by atomic mass is 35.5. The lowest BCUT2D eigenvalue weighted by Gasteiger charge is -2.34. The van der Waals surface area contributed by atoms with Gasteiger partial charge in [-0.3, -0.25) is 14.5 Å². The molecule has 0 unspecified atom stereocenters. The fourth-order valence-electron chi connectivity index (χ4n) is 3.40. The number of halogens is 2. The molecule has 3 aromatic rings. The molecule has 0 N–H and O–H groups in total. The van der Waals surface area contributed by atoms with Crippen LogP contribution in [0.15, 0.2) is 57.7 Å². The predicted octanol–water partition coefficient (Wildman–Crippen LogP) is 4.06. The van der Waals surface area contributed by atoms with Gasteiger partial charge < -0.3 is 9.32 Å². The van der Waals surface area contributed by atoms with E-state index in [4.69, 9.17) is 27.6 Å². The van der Waals surface area contributed by atoms with Gasteiger partial charge in [0.05, 0.1) is 10.4 Å². The third-order valence-electron chi connectivity index (χ3n) is 4.87. The summed E-state index contributed by atoms with van der Waals surface area (Å²) in [5.41, 5.74) is 1.09. The van der Waals surface area contributed by atoms with Crippen molar-refractivity contribution in [2.45, 2.75) is 6.54 Å². The van der Waals surface area contributed by atoms with Gasteiger partial charge in [-0.15, -0.1) is 0 Å². The summed E-state index contributed by atoms with van der Waals surface area (Å²) >= 11 is 12.1. The van der Waals surface area contributed by atoms with E-state index in [1.54, 1.807) is 4.90 Å². The standard InChI is InChI=1S/C21H18Cl2N2O3/c22-15-10-16-18(26)12-19(28-20(16)17(23)11-15)21(27)25-8-6-24(7-9-25)13-14-4-2-1-3-5-14/h1-5,10-12H,6-9,13H2. The van der Waals surface area contributed by atoms with Crippen molar-refractivity contribution in [3.63, 3.8) is 0 Å². The van der Waals surface area contributed by atoms with Crippen molar-refractivity contribution in [3.05, 3.63) is 80.1 Å². The van der Waals surface area contributed by atoms with Crippen LogP contribution in [0.2, 0.25) is 10.0 Å². The van der Waals surface area contributed by atoms with E-state index in [2.05, 4.69) is 17.0 Å². The van der Waals surface area contributed by atoms with Crippen LogP contribution in [0.1, 0.15) is 16.1 Å². The van der Waals surface area contributed by atoms with Gasteiger partial charge in [-0.05, 0) is 17.7 Å². The first kappa shape index (κ1) is 19.0. The monoisotopic (exact) mass is 416 g/mol. The van der Waals surface area contributed by atoms with Crippen LogP contribution in [-0.2, 0) is 6.54 Å². The van der Waals surface area contributed by atoms with E-state index in [-0.39, 0.29) is 33.1 Å². The highest BCUT2D eigenvalue weighted by Gasteiger charge is 2.25.